The van der Waals surface area contributed by atoms with Crippen molar-refractivity contribution in [2.45, 2.75) is 65.3 Å². The molecule has 1 atom stereocenters. The van der Waals surface area contributed by atoms with Gasteiger partial charge in [0, 0.05) is 48.8 Å². The largest absolute Gasteiger partial charge is 0.340 e. The predicted octanol–water partition coefficient (Wildman–Crippen LogP) is 11.1. The molecule has 0 bridgehead atoms. The van der Waals surface area contributed by atoms with E-state index in [1.165, 1.54) is 91.6 Å². The van der Waals surface area contributed by atoms with Crippen LogP contribution in [0.15, 0.2) is 78.9 Å². The molecule has 7 rings (SSSR count). The Morgan fingerprint density at radius 1 is 0.756 bits per heavy atom. The van der Waals surface area contributed by atoms with Crippen molar-refractivity contribution < 1.29 is 0 Å². The summed E-state index contributed by atoms with van der Waals surface area (Å²) in [6.45, 7) is 5.66. The van der Waals surface area contributed by atoms with Gasteiger partial charge in [0.15, 0.2) is 0 Å². The van der Waals surface area contributed by atoms with Gasteiger partial charge in [-0.05, 0) is 60.1 Å². The molecule has 0 amide bonds. The van der Waals surface area contributed by atoms with Gasteiger partial charge in [-0.1, -0.05) is 112 Å². The number of thiophene rings is 1. The van der Waals surface area contributed by atoms with Crippen LogP contribution in [0.3, 0.4) is 0 Å². The Hall–Kier alpha value is -3.80. The first-order valence-corrected chi connectivity index (χ1v) is 16.2. The molecule has 1 aliphatic carbocycles. The molecule has 0 radical (unpaired) electrons. The summed E-state index contributed by atoms with van der Waals surface area (Å²) in [5.74, 6) is 7.41. The maximum absolute atomic E-state index is 3.44. The standard InChI is InChI=1S/C39H37NS/c1-3-4-5-6-7-11-24-40-36-26-29(16-15-28-12-9-8-10-13-28)17-18-30(36)31-19-21-33-32(38(31)40)20-22-34-35-25-27(2)14-23-37(35)41-39(33)34/h8-10,12-14,17-23,26-27H,3-7,11,24-25H2,1-2H3. The van der Waals surface area contributed by atoms with Crippen LogP contribution in [0.2, 0.25) is 0 Å². The summed E-state index contributed by atoms with van der Waals surface area (Å²) in [4.78, 5) is 1.44. The average Bonchev–Trinajstić information content (AvgIpc) is 3.53. The third-order valence-corrected chi connectivity index (χ3v) is 10.0. The van der Waals surface area contributed by atoms with E-state index in [0.717, 1.165) is 24.1 Å². The Morgan fingerprint density at radius 2 is 1.46 bits per heavy atom. The second-order valence-corrected chi connectivity index (χ2v) is 12.8. The number of nitrogens with zero attached hydrogens (tertiary/aromatic N) is 1. The third-order valence-electron chi connectivity index (χ3n) is 8.77. The molecule has 6 aromatic rings. The van der Waals surface area contributed by atoms with Crippen molar-refractivity contribution >= 4 is 60.1 Å². The zero-order valence-corrected chi connectivity index (χ0v) is 25.0. The van der Waals surface area contributed by atoms with Crippen molar-refractivity contribution in [2.24, 2.45) is 5.92 Å². The SMILES string of the molecule is CCCCCCCCn1c2cc(C#Cc3ccccc3)ccc2c2ccc3c(ccc4c5c(sc43)C=CC(C)C5)c21. The highest BCUT2D eigenvalue weighted by atomic mass is 32.1. The van der Waals surface area contributed by atoms with E-state index in [-0.39, 0.29) is 0 Å². The lowest BCUT2D eigenvalue weighted by atomic mass is 9.93. The molecule has 1 unspecified atom stereocenters. The lowest BCUT2D eigenvalue weighted by molar-refractivity contribution is 0.571. The number of aryl methyl sites for hydroxylation is 1. The highest BCUT2D eigenvalue weighted by Gasteiger charge is 2.20. The average molecular weight is 552 g/mol. The second kappa shape index (κ2) is 11.2. The van der Waals surface area contributed by atoms with Gasteiger partial charge in [-0.25, -0.2) is 0 Å². The van der Waals surface area contributed by atoms with E-state index in [2.05, 4.69) is 109 Å². The van der Waals surface area contributed by atoms with Crippen LogP contribution in [0.25, 0.3) is 48.7 Å². The van der Waals surface area contributed by atoms with Crippen LogP contribution in [-0.4, -0.2) is 4.57 Å². The highest BCUT2D eigenvalue weighted by molar-refractivity contribution is 7.21. The summed E-state index contributed by atoms with van der Waals surface area (Å²) in [5, 5.41) is 6.91. The van der Waals surface area contributed by atoms with Crippen LogP contribution in [-0.2, 0) is 13.0 Å². The molecule has 1 aliphatic rings. The van der Waals surface area contributed by atoms with Crippen LogP contribution < -0.4 is 0 Å². The van der Waals surface area contributed by atoms with Crippen LogP contribution in [0.5, 0.6) is 0 Å². The van der Waals surface area contributed by atoms with E-state index in [1.807, 2.05) is 17.4 Å². The summed E-state index contributed by atoms with van der Waals surface area (Å²) < 4.78 is 4.06. The minimum absolute atomic E-state index is 0.609. The molecule has 0 N–H and O–H groups in total. The lowest BCUT2D eigenvalue weighted by Gasteiger charge is -2.12. The van der Waals surface area contributed by atoms with Crippen molar-refractivity contribution in [3.05, 3.63) is 100 Å². The Labute approximate surface area is 247 Å². The smallest absolute Gasteiger partial charge is 0.0571 e. The molecule has 0 saturated heterocycles. The van der Waals surface area contributed by atoms with Gasteiger partial charge in [-0.3, -0.25) is 0 Å². The van der Waals surface area contributed by atoms with Crippen LogP contribution >= 0.6 is 11.3 Å². The molecular weight excluding hydrogens is 515 g/mol. The number of hydrogen-bond donors (Lipinski definition) is 0. The summed E-state index contributed by atoms with van der Waals surface area (Å²) in [5.41, 5.74) is 6.36. The number of allylic oxidation sites excluding steroid dienone is 1. The van der Waals surface area contributed by atoms with Crippen molar-refractivity contribution in [1.82, 2.24) is 4.57 Å². The third kappa shape index (κ3) is 4.87. The molecule has 204 valence electrons. The first-order valence-electron chi connectivity index (χ1n) is 15.4. The molecule has 2 aromatic heterocycles. The van der Waals surface area contributed by atoms with Crippen molar-refractivity contribution in [2.75, 3.05) is 0 Å². The highest BCUT2D eigenvalue weighted by Crippen LogP contribution is 2.43. The fourth-order valence-corrected chi connectivity index (χ4v) is 7.91. The number of fused-ring (bicyclic) bond motifs is 9. The van der Waals surface area contributed by atoms with E-state index in [4.69, 9.17) is 0 Å². The quantitative estimate of drug-likeness (QED) is 0.137. The number of benzene rings is 4. The molecule has 4 aromatic carbocycles. The summed E-state index contributed by atoms with van der Waals surface area (Å²) in [6.07, 6.45) is 13.7. The monoisotopic (exact) mass is 551 g/mol. The Kier molecular flexibility index (Phi) is 7.15. The van der Waals surface area contributed by atoms with Gasteiger partial charge >= 0.3 is 0 Å². The number of hydrogen-bond acceptors (Lipinski definition) is 1. The zero-order chi connectivity index (χ0) is 27.8. The van der Waals surface area contributed by atoms with E-state index < -0.39 is 0 Å². The van der Waals surface area contributed by atoms with Gasteiger partial charge in [0.25, 0.3) is 0 Å². The molecule has 0 saturated carbocycles. The molecule has 41 heavy (non-hydrogen) atoms. The van der Waals surface area contributed by atoms with Gasteiger partial charge in [-0.15, -0.1) is 11.3 Å². The van der Waals surface area contributed by atoms with Crippen LogP contribution in [0, 0.1) is 17.8 Å². The number of aromatic nitrogens is 1. The number of unbranched alkanes of at least 4 members (excludes halogenated alkanes) is 5. The minimum Gasteiger partial charge on any atom is -0.340 e. The molecule has 0 fully saturated rings. The van der Waals surface area contributed by atoms with Gasteiger partial charge in [0.1, 0.15) is 0 Å². The first kappa shape index (κ1) is 26.1. The molecule has 1 nitrogen and oxygen atoms in total. The first-order chi connectivity index (χ1) is 20.2. The van der Waals surface area contributed by atoms with E-state index in [1.54, 1.807) is 0 Å². The van der Waals surface area contributed by atoms with Crippen molar-refractivity contribution in [1.29, 1.82) is 0 Å². The summed E-state index contributed by atoms with van der Waals surface area (Å²) >= 11 is 1.97. The van der Waals surface area contributed by atoms with E-state index >= 15 is 0 Å². The predicted molar refractivity (Wildman–Crippen MR) is 180 cm³/mol. The van der Waals surface area contributed by atoms with Gasteiger partial charge in [0.2, 0.25) is 0 Å². The second-order valence-electron chi connectivity index (χ2n) is 11.8. The Balaban J connectivity index is 1.38. The Bertz CT molecular complexity index is 1970. The van der Waals surface area contributed by atoms with Crippen LogP contribution in [0.1, 0.15) is 73.9 Å². The molecule has 2 heterocycles. The van der Waals surface area contributed by atoms with Gasteiger partial charge < -0.3 is 4.57 Å². The maximum atomic E-state index is 3.44. The minimum atomic E-state index is 0.609. The maximum Gasteiger partial charge on any atom is 0.0571 e. The summed E-state index contributed by atoms with van der Waals surface area (Å²) in [7, 11) is 0. The van der Waals surface area contributed by atoms with Crippen molar-refractivity contribution in [3.63, 3.8) is 0 Å². The normalized spacial score (nSPS) is 14.6. The molecule has 2 heteroatoms. The lowest BCUT2D eigenvalue weighted by Crippen LogP contribution is -2.00. The van der Waals surface area contributed by atoms with Gasteiger partial charge in [-0.2, -0.15) is 0 Å². The fourth-order valence-electron chi connectivity index (χ4n) is 6.64. The van der Waals surface area contributed by atoms with E-state index in [9.17, 15) is 0 Å². The fraction of sp³-hybridized carbons (Fsp3) is 0.282. The molecule has 0 aliphatic heterocycles. The number of rotatable bonds is 7. The topological polar surface area (TPSA) is 4.93 Å². The van der Waals surface area contributed by atoms with Crippen molar-refractivity contribution in [3.8, 4) is 11.8 Å². The van der Waals surface area contributed by atoms with Gasteiger partial charge in [0.05, 0.1) is 11.0 Å². The Morgan fingerprint density at radius 3 is 2.32 bits per heavy atom. The molecular formula is C39H37NS. The van der Waals surface area contributed by atoms with E-state index in [0.29, 0.717) is 5.92 Å². The summed E-state index contributed by atoms with van der Waals surface area (Å²) in [6, 6.07) is 26.7. The van der Waals surface area contributed by atoms with Crippen LogP contribution in [0.4, 0.5) is 0 Å². The zero-order valence-electron chi connectivity index (χ0n) is 24.2. The molecule has 0 spiro atoms.